The molecule has 1 saturated heterocycles. The van der Waals surface area contributed by atoms with Gasteiger partial charge in [0.1, 0.15) is 46.9 Å². The molecule has 1 fully saturated rings. The van der Waals surface area contributed by atoms with Crippen molar-refractivity contribution in [3.05, 3.63) is 34.5 Å². The highest BCUT2D eigenvalue weighted by molar-refractivity contribution is 5.89. The number of aliphatic hydroxyl groups is 4. The van der Waals surface area contributed by atoms with E-state index in [0.717, 1.165) is 24.3 Å². The van der Waals surface area contributed by atoms with Gasteiger partial charge in [-0.05, 0) is 12.1 Å². The maximum absolute atomic E-state index is 13.5. The molecule has 8 N–H and O–H groups in total. The number of benzene rings is 2. The minimum atomic E-state index is -1.88. The predicted molar refractivity (Wildman–Crippen MR) is 116 cm³/mol. The lowest BCUT2D eigenvalue weighted by Crippen LogP contribution is -2.60. The number of hydrogen-bond donors (Lipinski definition) is 8. The zero-order valence-electron chi connectivity index (χ0n) is 18.0. The van der Waals surface area contributed by atoms with Crippen molar-refractivity contribution in [3.63, 3.8) is 0 Å². The van der Waals surface area contributed by atoms with Gasteiger partial charge in [-0.25, -0.2) is 0 Å². The molecule has 2 aromatic carbocycles. The van der Waals surface area contributed by atoms with Crippen molar-refractivity contribution < 1.29 is 59.5 Å². The van der Waals surface area contributed by atoms with Gasteiger partial charge >= 0.3 is 0 Å². The Morgan fingerprint density at radius 1 is 0.943 bits per heavy atom. The van der Waals surface area contributed by atoms with E-state index in [2.05, 4.69) is 0 Å². The Kier molecular flexibility index (Phi) is 6.36. The second-order valence-electron chi connectivity index (χ2n) is 7.79. The molecule has 0 radical (unpaired) electrons. The fraction of sp³-hybridized carbons (Fsp3) is 0.318. The van der Waals surface area contributed by atoms with Gasteiger partial charge in [0.15, 0.2) is 23.0 Å². The third-order valence-corrected chi connectivity index (χ3v) is 5.54. The number of aliphatic hydroxyl groups excluding tert-OH is 4. The molecular weight excluding hydrogens is 472 g/mol. The Labute approximate surface area is 195 Å². The highest BCUT2D eigenvalue weighted by atomic mass is 16.7. The smallest absolute Gasteiger partial charge is 0.239 e. The van der Waals surface area contributed by atoms with E-state index in [9.17, 15) is 45.6 Å². The molecule has 0 unspecified atom stereocenters. The average molecular weight is 494 g/mol. The third kappa shape index (κ3) is 4.15. The highest BCUT2D eigenvalue weighted by Crippen LogP contribution is 2.43. The van der Waals surface area contributed by atoms with Crippen LogP contribution in [0.1, 0.15) is 0 Å². The zero-order chi connectivity index (χ0) is 25.6. The lowest BCUT2D eigenvalue weighted by atomic mass is 9.99. The first-order chi connectivity index (χ1) is 16.6. The Balaban J connectivity index is 1.96. The molecule has 0 aliphatic carbocycles. The molecule has 2 heterocycles. The molecule has 0 bridgehead atoms. The minimum Gasteiger partial charge on any atom is -0.508 e. The van der Waals surface area contributed by atoms with E-state index in [1.165, 1.54) is 7.11 Å². The summed E-state index contributed by atoms with van der Waals surface area (Å²) in [4.78, 5) is 13.5. The van der Waals surface area contributed by atoms with E-state index >= 15 is 0 Å². The van der Waals surface area contributed by atoms with E-state index in [1.54, 1.807) is 0 Å². The van der Waals surface area contributed by atoms with Crippen LogP contribution in [0.3, 0.4) is 0 Å². The van der Waals surface area contributed by atoms with Crippen molar-refractivity contribution in [3.8, 4) is 45.8 Å². The summed E-state index contributed by atoms with van der Waals surface area (Å²) < 4.78 is 21.8. The Hall–Kier alpha value is -3.75. The fourth-order valence-corrected chi connectivity index (χ4v) is 3.73. The van der Waals surface area contributed by atoms with Crippen LogP contribution in [0.25, 0.3) is 22.3 Å². The van der Waals surface area contributed by atoms with Crippen LogP contribution in [0.15, 0.2) is 33.5 Å². The molecule has 4 rings (SSSR count). The van der Waals surface area contributed by atoms with Crippen LogP contribution in [-0.4, -0.2) is 85.3 Å². The topological polar surface area (TPSA) is 220 Å². The average Bonchev–Trinajstić information content (AvgIpc) is 2.83. The maximum atomic E-state index is 13.5. The zero-order valence-corrected chi connectivity index (χ0v) is 18.0. The van der Waals surface area contributed by atoms with Crippen LogP contribution in [0.5, 0.6) is 34.5 Å². The van der Waals surface area contributed by atoms with Crippen LogP contribution in [0.4, 0.5) is 0 Å². The summed E-state index contributed by atoms with van der Waals surface area (Å²) in [6.45, 7) is -0.753. The molecule has 3 aromatic rings. The van der Waals surface area contributed by atoms with Crippen LogP contribution < -0.4 is 14.9 Å². The van der Waals surface area contributed by atoms with Gasteiger partial charge < -0.3 is 59.5 Å². The second-order valence-corrected chi connectivity index (χ2v) is 7.79. The van der Waals surface area contributed by atoms with E-state index in [-0.39, 0.29) is 28.0 Å². The molecule has 13 heteroatoms. The Bertz CT molecular complexity index is 1290. The molecule has 1 aromatic heterocycles. The molecule has 0 amide bonds. The first kappa shape index (κ1) is 24.4. The van der Waals surface area contributed by atoms with Gasteiger partial charge in [-0.1, -0.05) is 0 Å². The van der Waals surface area contributed by atoms with Gasteiger partial charge in [-0.2, -0.15) is 0 Å². The summed E-state index contributed by atoms with van der Waals surface area (Å²) in [6.07, 6.45) is -8.50. The number of phenols is 4. The van der Waals surface area contributed by atoms with Gasteiger partial charge in [0.05, 0.1) is 13.7 Å². The van der Waals surface area contributed by atoms with Crippen molar-refractivity contribution >= 4 is 11.0 Å². The molecule has 35 heavy (non-hydrogen) atoms. The van der Waals surface area contributed by atoms with Crippen molar-refractivity contribution in [1.29, 1.82) is 0 Å². The van der Waals surface area contributed by atoms with Crippen LogP contribution >= 0.6 is 0 Å². The largest absolute Gasteiger partial charge is 0.508 e. The molecule has 5 atom stereocenters. The van der Waals surface area contributed by atoms with E-state index in [1.807, 2.05) is 0 Å². The highest BCUT2D eigenvalue weighted by Gasteiger charge is 2.45. The van der Waals surface area contributed by atoms with Gasteiger partial charge in [0.25, 0.3) is 0 Å². The van der Waals surface area contributed by atoms with Crippen LogP contribution in [0, 0.1) is 0 Å². The van der Waals surface area contributed by atoms with E-state index in [0.29, 0.717) is 0 Å². The number of phenolic OH excluding ortho intramolecular Hbond substituents is 4. The summed E-state index contributed by atoms with van der Waals surface area (Å²) >= 11 is 0. The summed E-state index contributed by atoms with van der Waals surface area (Å²) in [5.41, 5.74) is -1.25. The maximum Gasteiger partial charge on any atom is 0.239 e. The first-order valence-corrected chi connectivity index (χ1v) is 10.2. The third-order valence-electron chi connectivity index (χ3n) is 5.54. The number of aromatic hydroxyl groups is 4. The number of ether oxygens (including phenoxy) is 3. The summed E-state index contributed by atoms with van der Waals surface area (Å²) in [7, 11) is 1.23. The number of hydrogen-bond acceptors (Lipinski definition) is 13. The number of rotatable bonds is 5. The van der Waals surface area contributed by atoms with Crippen LogP contribution in [0.2, 0.25) is 0 Å². The van der Waals surface area contributed by atoms with Crippen molar-refractivity contribution in [2.24, 2.45) is 0 Å². The van der Waals surface area contributed by atoms with E-state index in [4.69, 9.17) is 18.6 Å². The predicted octanol–water partition coefficient (Wildman–Crippen LogP) is -0.530. The molecule has 1 aliphatic heterocycles. The van der Waals surface area contributed by atoms with Crippen LogP contribution in [-0.2, 0) is 4.74 Å². The van der Waals surface area contributed by atoms with Crippen molar-refractivity contribution in [2.75, 3.05) is 13.7 Å². The molecule has 13 nitrogen and oxygen atoms in total. The monoisotopic (exact) mass is 494 g/mol. The fourth-order valence-electron chi connectivity index (χ4n) is 3.73. The summed E-state index contributed by atoms with van der Waals surface area (Å²) in [5, 5.41) is 79.2. The normalized spacial score (nSPS) is 24.4. The van der Waals surface area contributed by atoms with E-state index < -0.39 is 71.5 Å². The lowest BCUT2D eigenvalue weighted by molar-refractivity contribution is -0.277. The summed E-state index contributed by atoms with van der Waals surface area (Å²) in [5.74, 6) is -3.87. The summed E-state index contributed by atoms with van der Waals surface area (Å²) in [6, 6.07) is 4.12. The standard InChI is InChI=1S/C22H22O13/c1-32-11-4-8(24)5-12-14(11)17(29)21(20(33-12)7-2-9(25)15(27)10(26)3-7)35-22-19(31)18(30)16(28)13(6-23)34-22/h2-5,13,16,18-19,22-28,30-31H,6H2,1H3/t13-,16-,18-,19+,22+/m1/s1. The molecule has 1 aliphatic rings. The quantitative estimate of drug-likeness (QED) is 0.209. The number of fused-ring (bicyclic) bond motifs is 1. The molecule has 188 valence electrons. The van der Waals surface area contributed by atoms with Gasteiger partial charge in [-0.15, -0.1) is 0 Å². The van der Waals surface area contributed by atoms with Crippen molar-refractivity contribution in [2.45, 2.75) is 30.7 Å². The SMILES string of the molecule is COc1cc(O)cc2oc(-c3cc(O)c(O)c(O)c3)c(O[C@@H]3O[C@H](CO)[C@@H](O)[C@@H](O)[C@@H]3O)c(=O)c12. The number of methoxy groups -OCH3 is 1. The molecular formula is C22H22O13. The Morgan fingerprint density at radius 3 is 2.20 bits per heavy atom. The lowest BCUT2D eigenvalue weighted by Gasteiger charge is -2.39. The first-order valence-electron chi connectivity index (χ1n) is 10.2. The van der Waals surface area contributed by atoms with Gasteiger partial charge in [-0.3, -0.25) is 4.79 Å². The molecule has 0 spiro atoms. The Morgan fingerprint density at radius 2 is 1.60 bits per heavy atom. The van der Waals surface area contributed by atoms with Crippen molar-refractivity contribution in [1.82, 2.24) is 0 Å². The van der Waals surface area contributed by atoms with Gasteiger partial charge in [0, 0.05) is 17.7 Å². The molecule has 0 saturated carbocycles. The minimum absolute atomic E-state index is 0.102. The second kappa shape index (κ2) is 9.13. The van der Waals surface area contributed by atoms with Gasteiger partial charge in [0.2, 0.25) is 17.5 Å².